The molecular formula is C27H22F8N6O2. The number of fused-ring (bicyclic) bond motifs is 1. The van der Waals surface area contributed by atoms with Gasteiger partial charge in [-0.15, -0.1) is 0 Å². The molecule has 0 saturated heterocycles. The highest BCUT2D eigenvalue weighted by atomic mass is 19.4. The quantitative estimate of drug-likeness (QED) is 0.248. The zero-order chi connectivity index (χ0) is 31.3. The first-order chi connectivity index (χ1) is 20.1. The summed E-state index contributed by atoms with van der Waals surface area (Å²) in [7, 11) is 0. The molecule has 2 atom stereocenters. The van der Waals surface area contributed by atoms with Gasteiger partial charge in [0.1, 0.15) is 11.4 Å². The van der Waals surface area contributed by atoms with Crippen molar-refractivity contribution in [2.45, 2.75) is 50.6 Å². The van der Waals surface area contributed by atoms with E-state index in [1.54, 1.807) is 5.10 Å². The van der Waals surface area contributed by atoms with E-state index in [4.69, 9.17) is 5.73 Å². The van der Waals surface area contributed by atoms with Crippen LogP contribution < -0.4 is 22.2 Å². The molecule has 1 saturated carbocycles. The summed E-state index contributed by atoms with van der Waals surface area (Å²) in [6, 6.07) is 3.38. The molecule has 0 unspecified atom stereocenters. The fraction of sp³-hybridized carbons (Fsp3) is 0.333. The van der Waals surface area contributed by atoms with Gasteiger partial charge < -0.3 is 15.6 Å². The molecule has 0 amide bonds. The molecule has 0 spiro atoms. The summed E-state index contributed by atoms with van der Waals surface area (Å²) in [6.07, 6.45) is -5.52. The number of hydrogen-bond acceptors (Lipinski definition) is 6. The highest BCUT2D eigenvalue weighted by molar-refractivity contribution is 5.87. The Balaban J connectivity index is 1.40. The van der Waals surface area contributed by atoms with Gasteiger partial charge in [-0.25, -0.2) is 18.9 Å². The second-order valence-corrected chi connectivity index (χ2v) is 10.3. The molecule has 1 aromatic carbocycles. The van der Waals surface area contributed by atoms with Gasteiger partial charge in [0, 0.05) is 24.3 Å². The number of benzene rings is 1. The molecular weight excluding hydrogens is 592 g/mol. The molecule has 8 nitrogen and oxygen atoms in total. The van der Waals surface area contributed by atoms with Gasteiger partial charge in [0.05, 0.1) is 28.5 Å². The molecule has 1 fully saturated rings. The van der Waals surface area contributed by atoms with Crippen LogP contribution in [0.1, 0.15) is 36.8 Å². The summed E-state index contributed by atoms with van der Waals surface area (Å²) in [5, 5.41) is 7.33. The van der Waals surface area contributed by atoms with E-state index in [0.29, 0.717) is 31.7 Å². The number of hydrogen-bond donors (Lipinski definition) is 3. The molecule has 228 valence electrons. The van der Waals surface area contributed by atoms with Gasteiger partial charge in [0.15, 0.2) is 11.6 Å². The van der Waals surface area contributed by atoms with Gasteiger partial charge in [-0.05, 0) is 54.8 Å². The Kier molecular flexibility index (Phi) is 7.64. The number of aromatic nitrogens is 4. The van der Waals surface area contributed by atoms with E-state index < -0.39 is 74.7 Å². The number of nitrogens with two attached hydrogens (primary N) is 1. The topological polar surface area (TPSA) is 119 Å². The number of H-pyrrole nitrogens is 1. The van der Waals surface area contributed by atoms with Crippen LogP contribution in [0.4, 0.5) is 46.6 Å². The standard InChI is InChI=1S/C27H22F8N6O2/c28-21-15(17-5-4-16(23(36)39-17)26(30,31)32)9-13-6-7-41(25(43)19(13)22(21)29)11-12-2-1-3-14(8-12)38-18-10-37-40-24(42)20(18)27(33,34)35/h4-7,9-10,12,14H,1-3,8,11H2,(H2,36,39)(H2,38,40,42)/t12-,14+/m1/s1. The summed E-state index contributed by atoms with van der Waals surface area (Å²) < 4.78 is 111. The summed E-state index contributed by atoms with van der Waals surface area (Å²) in [5.41, 5.74) is -0.827. The van der Waals surface area contributed by atoms with Crippen LogP contribution in [0.3, 0.4) is 0 Å². The molecule has 43 heavy (non-hydrogen) atoms. The maximum absolute atomic E-state index is 15.2. The van der Waals surface area contributed by atoms with Crippen LogP contribution in [0.15, 0.2) is 46.2 Å². The molecule has 3 heterocycles. The molecule has 4 aromatic rings. The number of pyridine rings is 2. The van der Waals surface area contributed by atoms with Crippen LogP contribution in [0.2, 0.25) is 0 Å². The normalized spacial score (nSPS) is 17.8. The molecule has 3 aromatic heterocycles. The van der Waals surface area contributed by atoms with Gasteiger partial charge in [0.2, 0.25) is 0 Å². The lowest BCUT2D eigenvalue weighted by molar-refractivity contribution is -0.138. The van der Waals surface area contributed by atoms with E-state index >= 15 is 8.78 Å². The van der Waals surface area contributed by atoms with Gasteiger partial charge in [-0.3, -0.25) is 9.59 Å². The largest absolute Gasteiger partial charge is 0.423 e. The van der Waals surface area contributed by atoms with Crippen molar-refractivity contribution in [3.8, 4) is 11.3 Å². The monoisotopic (exact) mass is 614 g/mol. The second-order valence-electron chi connectivity index (χ2n) is 10.3. The van der Waals surface area contributed by atoms with Gasteiger partial charge in [-0.1, -0.05) is 6.42 Å². The first-order valence-corrected chi connectivity index (χ1v) is 12.9. The summed E-state index contributed by atoms with van der Waals surface area (Å²) in [5.74, 6) is -4.18. The van der Waals surface area contributed by atoms with E-state index in [1.807, 2.05) is 0 Å². The van der Waals surface area contributed by atoms with Crippen molar-refractivity contribution in [1.29, 1.82) is 0 Å². The van der Waals surface area contributed by atoms with Gasteiger partial charge >= 0.3 is 12.4 Å². The van der Waals surface area contributed by atoms with Crippen molar-refractivity contribution in [3.63, 3.8) is 0 Å². The first kappa shape index (κ1) is 30.0. The molecule has 5 rings (SSSR count). The minimum Gasteiger partial charge on any atom is -0.383 e. The summed E-state index contributed by atoms with van der Waals surface area (Å²) in [4.78, 5) is 28.6. The zero-order valence-corrected chi connectivity index (χ0v) is 21.9. The van der Waals surface area contributed by atoms with Crippen molar-refractivity contribution in [2.24, 2.45) is 5.92 Å². The maximum Gasteiger partial charge on any atom is 0.423 e. The van der Waals surface area contributed by atoms with Crippen molar-refractivity contribution in [2.75, 3.05) is 11.1 Å². The SMILES string of the molecule is Nc1nc(-c2cc3ccn(C[C@@H]4CCC[C@H](Nc5cn[nH]c(=O)c5C(F)(F)F)C4)c(=O)c3c(F)c2F)ccc1C(F)(F)F. The number of rotatable bonds is 5. The molecule has 16 heteroatoms. The Morgan fingerprint density at radius 3 is 2.44 bits per heavy atom. The zero-order valence-electron chi connectivity index (χ0n) is 21.9. The minimum atomic E-state index is -4.92. The number of alkyl halides is 6. The molecule has 1 aliphatic carbocycles. The third-order valence-electron chi connectivity index (χ3n) is 7.39. The minimum absolute atomic E-state index is 0.0277. The van der Waals surface area contributed by atoms with Crippen LogP contribution in [-0.2, 0) is 18.9 Å². The van der Waals surface area contributed by atoms with E-state index in [1.165, 1.54) is 16.8 Å². The smallest absolute Gasteiger partial charge is 0.383 e. The number of nitrogens with one attached hydrogen (secondary N) is 2. The average Bonchev–Trinajstić information content (AvgIpc) is 2.91. The Morgan fingerprint density at radius 2 is 1.77 bits per heavy atom. The van der Waals surface area contributed by atoms with Crippen molar-refractivity contribution in [3.05, 3.63) is 80.1 Å². The lowest BCUT2D eigenvalue weighted by Crippen LogP contribution is -2.33. The number of halogens is 8. The number of nitrogen functional groups attached to an aromatic ring is 1. The predicted octanol–water partition coefficient (Wildman–Crippen LogP) is 5.72. The Hall–Kier alpha value is -4.50. The van der Waals surface area contributed by atoms with E-state index in [-0.39, 0.29) is 23.5 Å². The lowest BCUT2D eigenvalue weighted by atomic mass is 9.85. The highest BCUT2D eigenvalue weighted by Crippen LogP contribution is 2.36. The molecule has 0 bridgehead atoms. The van der Waals surface area contributed by atoms with E-state index in [9.17, 15) is 35.9 Å². The molecule has 4 N–H and O–H groups in total. The van der Waals surface area contributed by atoms with Crippen LogP contribution in [0, 0.1) is 17.6 Å². The number of nitrogens with zero attached hydrogens (tertiary/aromatic N) is 3. The summed E-state index contributed by atoms with van der Waals surface area (Å²) >= 11 is 0. The van der Waals surface area contributed by atoms with E-state index in [2.05, 4.69) is 15.4 Å². The maximum atomic E-state index is 15.2. The molecule has 0 radical (unpaired) electrons. The van der Waals surface area contributed by atoms with Crippen LogP contribution in [0.25, 0.3) is 22.0 Å². The van der Waals surface area contributed by atoms with Crippen molar-refractivity contribution < 1.29 is 35.1 Å². The first-order valence-electron chi connectivity index (χ1n) is 12.9. The van der Waals surface area contributed by atoms with Crippen molar-refractivity contribution >= 4 is 22.3 Å². The van der Waals surface area contributed by atoms with Gasteiger partial charge in [-0.2, -0.15) is 31.4 Å². The van der Waals surface area contributed by atoms with E-state index in [0.717, 1.165) is 18.3 Å². The Labute approximate surface area is 236 Å². The molecule has 1 aliphatic rings. The third-order valence-corrected chi connectivity index (χ3v) is 7.39. The predicted molar refractivity (Wildman–Crippen MR) is 140 cm³/mol. The Morgan fingerprint density at radius 1 is 1.02 bits per heavy atom. The number of anilines is 2. The van der Waals surface area contributed by atoms with Crippen molar-refractivity contribution in [1.82, 2.24) is 19.7 Å². The summed E-state index contributed by atoms with van der Waals surface area (Å²) in [6.45, 7) is 0.0481. The van der Waals surface area contributed by atoms with Gasteiger partial charge in [0.25, 0.3) is 11.1 Å². The highest BCUT2D eigenvalue weighted by Gasteiger charge is 2.38. The Bertz CT molecular complexity index is 1820. The van der Waals surface area contributed by atoms with Crippen LogP contribution in [-0.4, -0.2) is 25.8 Å². The third kappa shape index (κ3) is 5.90. The van der Waals surface area contributed by atoms with Crippen LogP contribution >= 0.6 is 0 Å². The van der Waals surface area contributed by atoms with Crippen LogP contribution in [0.5, 0.6) is 0 Å². The average molecular weight is 614 g/mol. The fourth-order valence-electron chi connectivity index (χ4n) is 5.45. The molecule has 0 aliphatic heterocycles. The number of aromatic amines is 1. The lowest BCUT2D eigenvalue weighted by Gasteiger charge is -2.31. The fourth-order valence-corrected chi connectivity index (χ4v) is 5.45. The second kappa shape index (κ2) is 11.0.